The molecule has 0 saturated heterocycles. The second-order valence-electron chi connectivity index (χ2n) is 5.64. The Morgan fingerprint density at radius 2 is 1.68 bits per heavy atom. The summed E-state index contributed by atoms with van der Waals surface area (Å²) < 4.78 is 26.3. The van der Waals surface area contributed by atoms with E-state index in [1.54, 1.807) is 31.2 Å². The van der Waals surface area contributed by atoms with Crippen molar-refractivity contribution in [2.75, 3.05) is 0 Å². The molecule has 0 aliphatic heterocycles. The van der Waals surface area contributed by atoms with Crippen LogP contribution in [0.4, 0.5) is 13.6 Å². The number of primary amides is 1. The fourth-order valence-electron chi connectivity index (χ4n) is 2.46. The Morgan fingerprint density at radius 3 is 2.28 bits per heavy atom. The van der Waals surface area contributed by atoms with Gasteiger partial charge in [-0.2, -0.15) is 0 Å². The minimum absolute atomic E-state index is 0.0407. The molecule has 0 heterocycles. The van der Waals surface area contributed by atoms with Gasteiger partial charge in [0.05, 0.1) is 18.5 Å². The highest BCUT2D eigenvalue weighted by Crippen LogP contribution is 2.19. The van der Waals surface area contributed by atoms with Gasteiger partial charge in [0, 0.05) is 0 Å². The second-order valence-corrected chi connectivity index (χ2v) is 5.64. The molecule has 0 aromatic heterocycles. The van der Waals surface area contributed by atoms with Crippen LogP contribution in [0.25, 0.3) is 0 Å². The maximum Gasteiger partial charge on any atom is 0.312 e. The molecule has 2 aromatic rings. The highest BCUT2D eigenvalue weighted by atomic mass is 19.2. The molecule has 2 atom stereocenters. The Bertz CT molecular complexity index is 753. The highest BCUT2D eigenvalue weighted by Gasteiger charge is 2.19. The van der Waals surface area contributed by atoms with Crippen LogP contribution in [-0.4, -0.2) is 11.9 Å². The molecule has 0 bridgehead atoms. The number of hydrogen-bond acceptors (Lipinski definition) is 2. The van der Waals surface area contributed by atoms with Gasteiger partial charge in [0.25, 0.3) is 0 Å². The largest absolute Gasteiger partial charge is 0.352 e. The zero-order valence-electron chi connectivity index (χ0n) is 13.6. The predicted molar refractivity (Wildman–Crippen MR) is 89.4 cm³/mol. The third-order valence-corrected chi connectivity index (χ3v) is 3.73. The van der Waals surface area contributed by atoms with Gasteiger partial charge >= 0.3 is 6.03 Å². The Kier molecular flexibility index (Phi) is 6.05. The van der Waals surface area contributed by atoms with Gasteiger partial charge in [-0.1, -0.05) is 36.4 Å². The minimum atomic E-state index is -0.976. The summed E-state index contributed by atoms with van der Waals surface area (Å²) in [5, 5.41) is 5.22. The summed E-state index contributed by atoms with van der Waals surface area (Å²) in [6.45, 7) is 1.66. The van der Waals surface area contributed by atoms with Crippen LogP contribution in [-0.2, 0) is 4.79 Å². The molecular formula is C18H19F2N3O2. The molecule has 0 radical (unpaired) electrons. The summed E-state index contributed by atoms with van der Waals surface area (Å²) in [6.07, 6.45) is -0.0407. The number of hydrogen-bond donors (Lipinski definition) is 3. The average molecular weight is 347 g/mol. The molecule has 25 heavy (non-hydrogen) atoms. The van der Waals surface area contributed by atoms with Crippen molar-refractivity contribution < 1.29 is 18.4 Å². The number of nitrogens with two attached hydrogens (primary N) is 1. The number of carbonyl (C=O) groups excluding carboxylic acids is 2. The maximum atomic E-state index is 13.3. The Hall–Kier alpha value is -2.96. The summed E-state index contributed by atoms with van der Waals surface area (Å²) in [7, 11) is 0. The van der Waals surface area contributed by atoms with Crippen molar-refractivity contribution in [1.82, 2.24) is 10.6 Å². The zero-order valence-corrected chi connectivity index (χ0v) is 13.6. The van der Waals surface area contributed by atoms with Gasteiger partial charge in [0.15, 0.2) is 11.6 Å². The molecule has 0 spiro atoms. The number of nitrogens with one attached hydrogen (secondary N) is 2. The van der Waals surface area contributed by atoms with Gasteiger partial charge in [-0.25, -0.2) is 13.6 Å². The standard InChI is InChI=1S/C18H19F2N3O2/c1-11(13-7-8-14(19)15(20)9-13)22-17(24)10-16(23-18(21)25)12-5-3-2-4-6-12/h2-9,11,16H,10H2,1H3,(H,22,24)(H3,21,23,25)/t11-,16+/m0/s1. The third-order valence-electron chi connectivity index (χ3n) is 3.73. The van der Waals surface area contributed by atoms with E-state index in [4.69, 9.17) is 5.73 Å². The first kappa shape index (κ1) is 18.4. The molecule has 2 aromatic carbocycles. The minimum Gasteiger partial charge on any atom is -0.352 e. The highest BCUT2D eigenvalue weighted by molar-refractivity contribution is 5.79. The van der Waals surface area contributed by atoms with E-state index < -0.39 is 29.7 Å². The van der Waals surface area contributed by atoms with Crippen LogP contribution in [0.2, 0.25) is 0 Å². The lowest BCUT2D eigenvalue weighted by atomic mass is 10.0. The molecule has 0 fully saturated rings. The van der Waals surface area contributed by atoms with E-state index >= 15 is 0 Å². The van der Waals surface area contributed by atoms with Crippen molar-refractivity contribution in [2.45, 2.75) is 25.4 Å². The summed E-state index contributed by atoms with van der Waals surface area (Å²) in [5.41, 5.74) is 6.34. The topological polar surface area (TPSA) is 84.2 Å². The van der Waals surface area contributed by atoms with Crippen LogP contribution >= 0.6 is 0 Å². The smallest absolute Gasteiger partial charge is 0.312 e. The van der Waals surface area contributed by atoms with Crippen LogP contribution in [0.1, 0.15) is 36.6 Å². The van der Waals surface area contributed by atoms with E-state index in [9.17, 15) is 18.4 Å². The van der Waals surface area contributed by atoms with E-state index in [2.05, 4.69) is 10.6 Å². The van der Waals surface area contributed by atoms with Crippen molar-refractivity contribution in [3.05, 3.63) is 71.3 Å². The van der Waals surface area contributed by atoms with E-state index in [1.807, 2.05) is 6.07 Å². The lowest BCUT2D eigenvalue weighted by molar-refractivity contribution is -0.122. The number of rotatable bonds is 6. The van der Waals surface area contributed by atoms with Crippen LogP contribution in [0.5, 0.6) is 0 Å². The van der Waals surface area contributed by atoms with E-state index in [0.29, 0.717) is 5.56 Å². The van der Waals surface area contributed by atoms with Gasteiger partial charge in [0.1, 0.15) is 0 Å². The van der Waals surface area contributed by atoms with Crippen LogP contribution in [0.3, 0.4) is 0 Å². The van der Waals surface area contributed by atoms with Gasteiger partial charge in [0.2, 0.25) is 5.91 Å². The third kappa shape index (κ3) is 5.27. The normalized spacial score (nSPS) is 12.9. The molecule has 0 aliphatic carbocycles. The number of amides is 3. The number of carbonyl (C=O) groups is 2. The van der Waals surface area contributed by atoms with Gasteiger partial charge in [-0.05, 0) is 30.2 Å². The number of urea groups is 1. The van der Waals surface area contributed by atoms with Crippen molar-refractivity contribution >= 4 is 11.9 Å². The van der Waals surface area contributed by atoms with Crippen molar-refractivity contribution in [1.29, 1.82) is 0 Å². The summed E-state index contributed by atoms with van der Waals surface area (Å²) in [6, 6.07) is 10.5. The van der Waals surface area contributed by atoms with Crippen molar-refractivity contribution in [2.24, 2.45) is 5.73 Å². The second kappa shape index (κ2) is 8.23. The number of benzene rings is 2. The molecule has 0 saturated carbocycles. The van der Waals surface area contributed by atoms with Crippen molar-refractivity contribution in [3.63, 3.8) is 0 Å². The lowest BCUT2D eigenvalue weighted by Crippen LogP contribution is -2.37. The molecular weight excluding hydrogens is 328 g/mol. The molecule has 7 heteroatoms. The SMILES string of the molecule is C[C@H](NC(=O)C[C@@H](NC(N)=O)c1ccccc1)c1ccc(F)c(F)c1. The molecule has 2 rings (SSSR count). The molecule has 0 unspecified atom stereocenters. The number of halogens is 2. The fraction of sp³-hybridized carbons (Fsp3) is 0.222. The van der Waals surface area contributed by atoms with Gasteiger partial charge < -0.3 is 16.4 Å². The summed E-state index contributed by atoms with van der Waals surface area (Å²) in [4.78, 5) is 23.5. The van der Waals surface area contributed by atoms with Gasteiger partial charge in [-0.15, -0.1) is 0 Å². The summed E-state index contributed by atoms with van der Waals surface area (Å²) >= 11 is 0. The van der Waals surface area contributed by atoms with Crippen LogP contribution in [0, 0.1) is 11.6 Å². The first-order chi connectivity index (χ1) is 11.9. The first-order valence-corrected chi connectivity index (χ1v) is 7.72. The fourth-order valence-corrected chi connectivity index (χ4v) is 2.46. The zero-order chi connectivity index (χ0) is 18.4. The Balaban J connectivity index is 2.05. The average Bonchev–Trinajstić information content (AvgIpc) is 2.57. The Morgan fingerprint density at radius 1 is 1.00 bits per heavy atom. The molecule has 0 aliphatic rings. The first-order valence-electron chi connectivity index (χ1n) is 7.72. The quantitative estimate of drug-likeness (QED) is 0.751. The van der Waals surface area contributed by atoms with E-state index in [-0.39, 0.29) is 12.3 Å². The van der Waals surface area contributed by atoms with Gasteiger partial charge in [-0.3, -0.25) is 4.79 Å². The molecule has 4 N–H and O–H groups in total. The molecule has 132 valence electrons. The molecule has 3 amide bonds. The van der Waals surface area contributed by atoms with Crippen LogP contribution < -0.4 is 16.4 Å². The maximum absolute atomic E-state index is 13.3. The summed E-state index contributed by atoms with van der Waals surface area (Å²) in [5.74, 6) is -2.28. The Labute approximate surface area is 144 Å². The van der Waals surface area contributed by atoms with Crippen molar-refractivity contribution in [3.8, 4) is 0 Å². The monoisotopic (exact) mass is 347 g/mol. The van der Waals surface area contributed by atoms with E-state index in [0.717, 1.165) is 17.7 Å². The predicted octanol–water partition coefficient (Wildman–Crippen LogP) is 2.94. The molecule has 5 nitrogen and oxygen atoms in total. The lowest BCUT2D eigenvalue weighted by Gasteiger charge is -2.20. The van der Waals surface area contributed by atoms with E-state index in [1.165, 1.54) is 6.07 Å². The van der Waals surface area contributed by atoms with Crippen LogP contribution in [0.15, 0.2) is 48.5 Å².